The zero-order valence-electron chi connectivity index (χ0n) is 13.3. The van der Waals surface area contributed by atoms with Gasteiger partial charge in [0, 0.05) is 24.4 Å². The van der Waals surface area contributed by atoms with Crippen molar-refractivity contribution < 1.29 is 19.1 Å². The van der Waals surface area contributed by atoms with Crippen LogP contribution < -0.4 is 10.6 Å². The molecule has 1 aromatic carbocycles. The highest BCUT2D eigenvalue weighted by molar-refractivity contribution is 5.93. The molecule has 0 saturated heterocycles. The Labute approximate surface area is 131 Å². The van der Waals surface area contributed by atoms with Gasteiger partial charge in [0.15, 0.2) is 0 Å². The summed E-state index contributed by atoms with van der Waals surface area (Å²) >= 11 is 0. The quantitative estimate of drug-likeness (QED) is 0.723. The van der Waals surface area contributed by atoms with E-state index in [0.29, 0.717) is 18.0 Å². The molecule has 2 amide bonds. The molecule has 22 heavy (non-hydrogen) atoms. The third-order valence-corrected chi connectivity index (χ3v) is 3.25. The van der Waals surface area contributed by atoms with E-state index in [2.05, 4.69) is 10.6 Å². The van der Waals surface area contributed by atoms with Gasteiger partial charge < -0.3 is 14.8 Å². The SMILES string of the molecule is CCC(CC)C(=O)Nc1cccc(NC(=O)OCCOC)c1. The Bertz CT molecular complexity index is 487. The van der Waals surface area contributed by atoms with Gasteiger partial charge in [-0.15, -0.1) is 0 Å². The number of hydrogen-bond donors (Lipinski definition) is 2. The molecule has 0 bridgehead atoms. The Kier molecular flexibility index (Phi) is 7.99. The summed E-state index contributed by atoms with van der Waals surface area (Å²) in [7, 11) is 1.54. The molecular weight excluding hydrogens is 284 g/mol. The van der Waals surface area contributed by atoms with Crippen LogP contribution >= 0.6 is 0 Å². The molecule has 6 nitrogen and oxygen atoms in total. The lowest BCUT2D eigenvalue weighted by atomic mass is 10.0. The summed E-state index contributed by atoms with van der Waals surface area (Å²) in [6.07, 6.45) is 1.04. The number of ether oxygens (including phenoxy) is 2. The maximum absolute atomic E-state index is 12.0. The Morgan fingerprint density at radius 2 is 1.73 bits per heavy atom. The predicted molar refractivity (Wildman–Crippen MR) is 86.0 cm³/mol. The fraction of sp³-hybridized carbons (Fsp3) is 0.500. The molecule has 122 valence electrons. The first-order valence-electron chi connectivity index (χ1n) is 7.44. The second-order valence-corrected chi connectivity index (χ2v) is 4.84. The normalized spacial score (nSPS) is 10.4. The lowest BCUT2D eigenvalue weighted by molar-refractivity contribution is -0.120. The van der Waals surface area contributed by atoms with Crippen molar-refractivity contribution in [2.24, 2.45) is 5.92 Å². The molecule has 0 fully saturated rings. The van der Waals surface area contributed by atoms with Gasteiger partial charge in [0.1, 0.15) is 6.61 Å². The largest absolute Gasteiger partial charge is 0.447 e. The number of carbonyl (C=O) groups is 2. The molecule has 1 aromatic rings. The Morgan fingerprint density at radius 1 is 1.09 bits per heavy atom. The van der Waals surface area contributed by atoms with Gasteiger partial charge in [-0.3, -0.25) is 10.1 Å². The molecule has 0 aliphatic rings. The highest BCUT2D eigenvalue weighted by Crippen LogP contribution is 2.17. The third-order valence-electron chi connectivity index (χ3n) is 3.25. The summed E-state index contributed by atoms with van der Waals surface area (Å²) in [5.74, 6) is -0.0135. The number of methoxy groups -OCH3 is 1. The first-order valence-corrected chi connectivity index (χ1v) is 7.44. The molecule has 0 atom stereocenters. The van der Waals surface area contributed by atoms with Crippen molar-refractivity contribution >= 4 is 23.4 Å². The van der Waals surface area contributed by atoms with E-state index >= 15 is 0 Å². The molecule has 0 saturated carbocycles. The van der Waals surface area contributed by atoms with Crippen LogP contribution in [0.1, 0.15) is 26.7 Å². The second kappa shape index (κ2) is 9.78. The zero-order chi connectivity index (χ0) is 16.4. The van der Waals surface area contributed by atoms with Crippen LogP contribution in [0.2, 0.25) is 0 Å². The van der Waals surface area contributed by atoms with Crippen molar-refractivity contribution in [2.45, 2.75) is 26.7 Å². The number of anilines is 2. The summed E-state index contributed by atoms with van der Waals surface area (Å²) in [4.78, 5) is 23.6. The van der Waals surface area contributed by atoms with Crippen molar-refractivity contribution in [3.63, 3.8) is 0 Å². The molecule has 0 aromatic heterocycles. The van der Waals surface area contributed by atoms with E-state index in [-0.39, 0.29) is 18.4 Å². The highest BCUT2D eigenvalue weighted by Gasteiger charge is 2.14. The first kappa shape index (κ1) is 18.0. The van der Waals surface area contributed by atoms with Crippen molar-refractivity contribution in [3.8, 4) is 0 Å². The van der Waals surface area contributed by atoms with Crippen LogP contribution in [0.4, 0.5) is 16.2 Å². The molecule has 0 radical (unpaired) electrons. The van der Waals surface area contributed by atoms with Crippen LogP contribution in [0.15, 0.2) is 24.3 Å². The van der Waals surface area contributed by atoms with Gasteiger partial charge in [-0.05, 0) is 31.0 Å². The molecule has 0 heterocycles. The van der Waals surface area contributed by atoms with Crippen LogP contribution in [0, 0.1) is 5.92 Å². The van der Waals surface area contributed by atoms with Crippen molar-refractivity contribution in [2.75, 3.05) is 31.0 Å². The minimum absolute atomic E-state index is 0.00405. The summed E-state index contributed by atoms with van der Waals surface area (Å²) in [6.45, 7) is 4.51. The van der Waals surface area contributed by atoms with Crippen LogP contribution in [0.25, 0.3) is 0 Å². The van der Waals surface area contributed by atoms with Gasteiger partial charge in [0.25, 0.3) is 0 Å². The number of hydrogen-bond acceptors (Lipinski definition) is 4. The number of rotatable bonds is 8. The van der Waals surface area contributed by atoms with Gasteiger partial charge in [0.2, 0.25) is 5.91 Å². The van der Waals surface area contributed by atoms with E-state index < -0.39 is 6.09 Å². The van der Waals surface area contributed by atoms with E-state index in [1.165, 1.54) is 7.11 Å². The first-order chi connectivity index (χ1) is 10.6. The summed E-state index contributed by atoms with van der Waals surface area (Å²) in [5.41, 5.74) is 1.20. The smallest absolute Gasteiger partial charge is 0.411 e. The van der Waals surface area contributed by atoms with Crippen molar-refractivity contribution in [3.05, 3.63) is 24.3 Å². The van der Waals surface area contributed by atoms with Crippen LogP contribution in [-0.2, 0) is 14.3 Å². The molecule has 6 heteroatoms. The van der Waals surface area contributed by atoms with E-state index in [0.717, 1.165) is 12.8 Å². The number of carbonyl (C=O) groups excluding carboxylic acids is 2. The minimum Gasteiger partial charge on any atom is -0.447 e. The lowest BCUT2D eigenvalue weighted by Crippen LogP contribution is -2.21. The van der Waals surface area contributed by atoms with Gasteiger partial charge in [-0.25, -0.2) is 4.79 Å². The Balaban J connectivity index is 2.58. The molecule has 0 aliphatic heterocycles. The van der Waals surface area contributed by atoms with E-state index in [9.17, 15) is 9.59 Å². The maximum atomic E-state index is 12.0. The van der Waals surface area contributed by atoms with E-state index in [4.69, 9.17) is 9.47 Å². The van der Waals surface area contributed by atoms with Crippen molar-refractivity contribution in [1.82, 2.24) is 0 Å². The predicted octanol–water partition coefficient (Wildman–Crippen LogP) is 3.26. The molecule has 0 spiro atoms. The average molecular weight is 308 g/mol. The maximum Gasteiger partial charge on any atom is 0.411 e. The average Bonchev–Trinajstić information content (AvgIpc) is 2.49. The standard InChI is InChI=1S/C16H24N2O4/c1-4-12(5-2)15(19)17-13-7-6-8-14(11-13)18-16(20)22-10-9-21-3/h6-8,11-12H,4-5,9-10H2,1-3H3,(H,17,19)(H,18,20). The van der Waals surface area contributed by atoms with Crippen LogP contribution in [-0.4, -0.2) is 32.3 Å². The van der Waals surface area contributed by atoms with Crippen molar-refractivity contribution in [1.29, 1.82) is 0 Å². The molecular formula is C16H24N2O4. The second-order valence-electron chi connectivity index (χ2n) is 4.84. The van der Waals surface area contributed by atoms with Gasteiger partial charge in [0.05, 0.1) is 6.61 Å². The number of amides is 2. The molecule has 2 N–H and O–H groups in total. The van der Waals surface area contributed by atoms with Crippen LogP contribution in [0.3, 0.4) is 0 Å². The summed E-state index contributed by atoms with van der Waals surface area (Å²) < 4.78 is 9.71. The zero-order valence-corrected chi connectivity index (χ0v) is 13.3. The Morgan fingerprint density at radius 3 is 2.32 bits per heavy atom. The minimum atomic E-state index is -0.555. The monoisotopic (exact) mass is 308 g/mol. The fourth-order valence-corrected chi connectivity index (χ4v) is 1.95. The van der Waals surface area contributed by atoms with Gasteiger partial charge in [-0.1, -0.05) is 19.9 Å². The summed E-state index contributed by atoms with van der Waals surface area (Å²) in [5, 5.41) is 5.46. The molecule has 0 aliphatic carbocycles. The van der Waals surface area contributed by atoms with E-state index in [1.807, 2.05) is 13.8 Å². The lowest BCUT2D eigenvalue weighted by Gasteiger charge is -2.13. The number of nitrogens with one attached hydrogen (secondary N) is 2. The van der Waals surface area contributed by atoms with Gasteiger partial charge in [-0.2, -0.15) is 0 Å². The van der Waals surface area contributed by atoms with E-state index in [1.54, 1.807) is 24.3 Å². The fourth-order valence-electron chi connectivity index (χ4n) is 1.95. The molecule has 0 unspecified atom stereocenters. The van der Waals surface area contributed by atoms with Gasteiger partial charge >= 0.3 is 6.09 Å². The van der Waals surface area contributed by atoms with Crippen LogP contribution in [0.5, 0.6) is 0 Å². The Hall–Kier alpha value is -2.08. The highest BCUT2D eigenvalue weighted by atomic mass is 16.6. The topological polar surface area (TPSA) is 76.7 Å². The third kappa shape index (κ3) is 6.13. The summed E-state index contributed by atoms with van der Waals surface area (Å²) in [6, 6.07) is 6.96. The molecule has 1 rings (SSSR count). The number of benzene rings is 1.